The minimum absolute atomic E-state index is 0. The van der Waals surface area contributed by atoms with Gasteiger partial charge in [-0.3, -0.25) is 9.97 Å². The molecule has 4 aromatic carbocycles. The van der Waals surface area contributed by atoms with E-state index in [2.05, 4.69) is 139 Å². The average molecular weight is 807 g/mol. The summed E-state index contributed by atoms with van der Waals surface area (Å²) in [7, 11) is 0. The standard InChI is InChI=1S/C44H41N3.Pt/c1-27-13-11-14-28(2)40(27)31-18-20-46-39(22-31)37-26-33(44(6,7)8)25-36-35-24-32(43(3,4)5)23-34(41(35)47-42(36)37)29-15-12-16-30(21-29)38-17-9-10-19-45-38;/h9-20,22-26H,1-8H3;/q-2;+2. The van der Waals surface area contributed by atoms with E-state index in [1.807, 2.05) is 30.6 Å². The molecule has 0 N–H and O–H groups in total. The van der Waals surface area contributed by atoms with E-state index in [1.54, 1.807) is 0 Å². The van der Waals surface area contributed by atoms with E-state index in [0.29, 0.717) is 0 Å². The molecule has 0 aliphatic heterocycles. The van der Waals surface area contributed by atoms with Crippen LogP contribution in [-0.4, -0.2) is 9.97 Å². The van der Waals surface area contributed by atoms with Crippen molar-refractivity contribution in [3.8, 4) is 44.8 Å². The van der Waals surface area contributed by atoms with Crippen molar-refractivity contribution in [2.75, 3.05) is 0 Å². The maximum Gasteiger partial charge on any atom is 2.00 e. The maximum absolute atomic E-state index is 5.48. The molecule has 0 atom stereocenters. The van der Waals surface area contributed by atoms with Crippen LogP contribution in [-0.2, 0) is 31.9 Å². The van der Waals surface area contributed by atoms with Crippen LogP contribution in [0.5, 0.6) is 0 Å². The fourth-order valence-electron chi connectivity index (χ4n) is 6.60. The van der Waals surface area contributed by atoms with E-state index in [9.17, 15) is 0 Å². The first-order valence-electron chi connectivity index (χ1n) is 16.4. The predicted octanol–water partition coefficient (Wildman–Crippen LogP) is 11.4. The number of aromatic nitrogens is 3. The third-order valence-electron chi connectivity index (χ3n) is 9.30. The Balaban J connectivity index is 0.00000401. The van der Waals surface area contributed by atoms with Gasteiger partial charge in [-0.1, -0.05) is 107 Å². The molecule has 7 rings (SSSR count). The van der Waals surface area contributed by atoms with Crippen molar-refractivity contribution in [1.29, 1.82) is 0 Å². The normalized spacial score (nSPS) is 12.0. The molecule has 0 unspecified atom stereocenters. The summed E-state index contributed by atoms with van der Waals surface area (Å²) in [5.74, 6) is 0. The van der Waals surface area contributed by atoms with Crippen molar-refractivity contribution in [3.63, 3.8) is 0 Å². The van der Waals surface area contributed by atoms with Crippen molar-refractivity contribution in [2.24, 2.45) is 0 Å². The van der Waals surface area contributed by atoms with Gasteiger partial charge in [0.05, 0.1) is 5.69 Å². The average Bonchev–Trinajstić information content (AvgIpc) is 3.42. The molecule has 0 aliphatic carbocycles. The Morgan fingerprint density at radius 2 is 1.15 bits per heavy atom. The first-order chi connectivity index (χ1) is 22.4. The van der Waals surface area contributed by atoms with Crippen LogP contribution in [0.15, 0.2) is 103 Å². The van der Waals surface area contributed by atoms with Gasteiger partial charge in [0.1, 0.15) is 0 Å². The van der Waals surface area contributed by atoms with Crippen LogP contribution in [0.4, 0.5) is 0 Å². The van der Waals surface area contributed by atoms with Gasteiger partial charge >= 0.3 is 21.1 Å². The number of nitrogens with zero attached hydrogens (tertiary/aromatic N) is 3. The van der Waals surface area contributed by atoms with Gasteiger partial charge in [-0.05, 0) is 92.6 Å². The van der Waals surface area contributed by atoms with E-state index in [1.165, 1.54) is 33.4 Å². The number of fused-ring (bicyclic) bond motifs is 3. The number of benzene rings is 4. The minimum Gasteiger partial charge on any atom is -0.662 e. The van der Waals surface area contributed by atoms with E-state index in [0.717, 1.165) is 55.4 Å². The summed E-state index contributed by atoms with van der Waals surface area (Å²) in [6.45, 7) is 18.0. The van der Waals surface area contributed by atoms with Crippen molar-refractivity contribution >= 4 is 21.8 Å². The van der Waals surface area contributed by atoms with E-state index >= 15 is 0 Å². The third kappa shape index (κ3) is 6.17. The monoisotopic (exact) mass is 806 g/mol. The molecule has 0 bridgehead atoms. The van der Waals surface area contributed by atoms with Gasteiger partial charge in [-0.2, -0.15) is 5.52 Å². The summed E-state index contributed by atoms with van der Waals surface area (Å²) in [5, 5.41) is 2.33. The van der Waals surface area contributed by atoms with Gasteiger partial charge in [0.2, 0.25) is 0 Å². The van der Waals surface area contributed by atoms with E-state index < -0.39 is 0 Å². The summed E-state index contributed by atoms with van der Waals surface area (Å²) in [4.78, 5) is 15.0. The summed E-state index contributed by atoms with van der Waals surface area (Å²) in [5.41, 5.74) is 15.3. The molecule has 48 heavy (non-hydrogen) atoms. The van der Waals surface area contributed by atoms with Crippen molar-refractivity contribution < 1.29 is 21.1 Å². The molecule has 0 saturated carbocycles. The fraction of sp³-hybridized carbons (Fsp3) is 0.227. The number of hydrogen-bond acceptors (Lipinski definition) is 2. The second-order valence-electron chi connectivity index (χ2n) is 14.8. The summed E-state index contributed by atoms with van der Waals surface area (Å²) >= 11 is 0. The van der Waals surface area contributed by atoms with Crippen LogP contribution in [0.1, 0.15) is 63.8 Å². The van der Waals surface area contributed by atoms with Gasteiger partial charge in [0.15, 0.2) is 0 Å². The van der Waals surface area contributed by atoms with Gasteiger partial charge in [0.25, 0.3) is 0 Å². The Kier molecular flexibility index (Phi) is 8.81. The number of rotatable bonds is 4. The Labute approximate surface area is 299 Å². The molecule has 0 radical (unpaired) electrons. The molecule has 0 saturated heterocycles. The molecule has 3 nitrogen and oxygen atoms in total. The van der Waals surface area contributed by atoms with Crippen LogP contribution in [0.2, 0.25) is 0 Å². The second-order valence-corrected chi connectivity index (χ2v) is 14.8. The zero-order chi connectivity index (χ0) is 33.1. The third-order valence-corrected chi connectivity index (χ3v) is 9.30. The first kappa shape index (κ1) is 33.6. The molecular weight excluding hydrogens is 766 g/mol. The number of aryl methyl sites for hydroxylation is 2. The SMILES string of the molecule is Cc1cccc(C)c1-c1ccnc(-c2cc(C(C)(C)C)cc3c2[n-]c2c(-c4[c-]c(-c5ccccn5)ccc4)cc(C(C)(C)C)cc23)c1.[Pt+2]. The Hall–Kier alpha value is -4.33. The predicted molar refractivity (Wildman–Crippen MR) is 198 cm³/mol. The summed E-state index contributed by atoms with van der Waals surface area (Å²) in [6.07, 6.45) is 3.77. The maximum atomic E-state index is 5.48. The molecule has 3 aromatic heterocycles. The van der Waals surface area contributed by atoms with Gasteiger partial charge in [-0.25, -0.2) is 0 Å². The summed E-state index contributed by atoms with van der Waals surface area (Å²) in [6, 6.07) is 36.2. The Bertz CT molecular complexity index is 2260. The number of hydrogen-bond donors (Lipinski definition) is 0. The zero-order valence-electron chi connectivity index (χ0n) is 29.0. The van der Waals surface area contributed by atoms with Crippen LogP contribution < -0.4 is 4.98 Å². The molecule has 0 fully saturated rings. The van der Waals surface area contributed by atoms with Gasteiger partial charge in [-0.15, -0.1) is 35.3 Å². The van der Waals surface area contributed by atoms with Crippen molar-refractivity contribution in [1.82, 2.24) is 15.0 Å². The number of pyridine rings is 2. The molecule has 0 spiro atoms. The Morgan fingerprint density at radius 1 is 0.562 bits per heavy atom. The molecule has 0 aliphatic rings. The first-order valence-corrected chi connectivity index (χ1v) is 16.4. The topological polar surface area (TPSA) is 39.9 Å². The Morgan fingerprint density at radius 3 is 1.77 bits per heavy atom. The smallest absolute Gasteiger partial charge is 0.662 e. The molecular formula is C44H41N3Pt. The van der Waals surface area contributed by atoms with Crippen molar-refractivity contribution in [2.45, 2.75) is 66.2 Å². The zero-order valence-corrected chi connectivity index (χ0v) is 31.2. The largest absolute Gasteiger partial charge is 2.00 e. The fourth-order valence-corrected chi connectivity index (χ4v) is 6.60. The van der Waals surface area contributed by atoms with Crippen LogP contribution in [0.3, 0.4) is 0 Å². The van der Waals surface area contributed by atoms with Crippen LogP contribution in [0, 0.1) is 19.9 Å². The quantitative estimate of drug-likeness (QED) is 0.166. The second kappa shape index (κ2) is 12.6. The van der Waals surface area contributed by atoms with Crippen LogP contribution >= 0.6 is 0 Å². The molecule has 4 heteroatoms. The molecule has 3 heterocycles. The van der Waals surface area contributed by atoms with E-state index in [4.69, 9.17) is 9.97 Å². The molecule has 242 valence electrons. The minimum atomic E-state index is -0.0635. The van der Waals surface area contributed by atoms with Crippen molar-refractivity contribution in [3.05, 3.63) is 132 Å². The molecule has 7 aromatic rings. The van der Waals surface area contributed by atoms with Gasteiger partial charge in [0, 0.05) is 18.1 Å². The molecule has 0 amide bonds. The van der Waals surface area contributed by atoms with E-state index in [-0.39, 0.29) is 31.9 Å². The summed E-state index contributed by atoms with van der Waals surface area (Å²) < 4.78 is 0. The van der Waals surface area contributed by atoms with Crippen LogP contribution in [0.25, 0.3) is 66.6 Å². The van der Waals surface area contributed by atoms with Gasteiger partial charge < -0.3 is 4.98 Å².